The lowest BCUT2D eigenvalue weighted by atomic mass is 10.2. The van der Waals surface area contributed by atoms with Crippen LogP contribution in [0, 0.1) is 0 Å². The number of likely N-dealkylation sites (N-methyl/N-ethyl adjacent to an activating group) is 1. The third kappa shape index (κ3) is 3.89. The number of carbonyl (C=O) groups is 2. The van der Waals surface area contributed by atoms with E-state index in [1.807, 2.05) is 0 Å². The van der Waals surface area contributed by atoms with Gasteiger partial charge in [-0.1, -0.05) is 6.08 Å². The first kappa shape index (κ1) is 13.7. The van der Waals surface area contributed by atoms with Crippen LogP contribution in [0.2, 0.25) is 0 Å². The number of rotatable bonds is 5. The molecule has 0 fully saturated rings. The number of hydrogen-bond donors (Lipinski definition) is 2. The van der Waals surface area contributed by atoms with E-state index in [2.05, 4.69) is 16.9 Å². The summed E-state index contributed by atoms with van der Waals surface area (Å²) in [6.45, 7) is 4.15. The molecule has 2 N–H and O–H groups in total. The standard InChI is InChI=1S/C12H15N3O3/c1-3-6-15(2)12(18)14-8-10-7-9(11(16)17)4-5-13-10/h3-5,7H,1,6,8H2,2H3,(H,14,18)(H,16,17). The third-order valence-electron chi connectivity index (χ3n) is 2.23. The average molecular weight is 249 g/mol. The number of aromatic carboxylic acids is 1. The summed E-state index contributed by atoms with van der Waals surface area (Å²) in [5.74, 6) is -1.02. The van der Waals surface area contributed by atoms with Crippen LogP contribution in [0.1, 0.15) is 16.1 Å². The molecule has 0 aliphatic heterocycles. The molecule has 0 spiro atoms. The molecule has 1 aromatic rings. The van der Waals surface area contributed by atoms with Crippen molar-refractivity contribution >= 4 is 12.0 Å². The number of pyridine rings is 1. The summed E-state index contributed by atoms with van der Waals surface area (Å²) in [5, 5.41) is 11.4. The molecule has 6 heteroatoms. The number of carboxylic acids is 1. The van der Waals surface area contributed by atoms with E-state index in [9.17, 15) is 9.59 Å². The van der Waals surface area contributed by atoms with Crippen LogP contribution in [0.15, 0.2) is 31.0 Å². The van der Waals surface area contributed by atoms with E-state index in [0.717, 1.165) is 0 Å². The highest BCUT2D eigenvalue weighted by Crippen LogP contribution is 2.01. The molecule has 1 heterocycles. The molecular formula is C12H15N3O3. The van der Waals surface area contributed by atoms with Crippen molar-refractivity contribution in [3.63, 3.8) is 0 Å². The second-order valence-corrected chi connectivity index (χ2v) is 3.67. The lowest BCUT2D eigenvalue weighted by Crippen LogP contribution is -2.37. The minimum Gasteiger partial charge on any atom is -0.478 e. The van der Waals surface area contributed by atoms with Gasteiger partial charge in [-0.05, 0) is 12.1 Å². The van der Waals surface area contributed by atoms with Crippen molar-refractivity contribution in [3.8, 4) is 0 Å². The fourth-order valence-electron chi connectivity index (χ4n) is 1.29. The predicted octanol–water partition coefficient (Wildman–Crippen LogP) is 1.11. The van der Waals surface area contributed by atoms with E-state index in [0.29, 0.717) is 12.2 Å². The number of hydrogen-bond acceptors (Lipinski definition) is 3. The summed E-state index contributed by atoms with van der Waals surface area (Å²) >= 11 is 0. The molecule has 0 aromatic carbocycles. The van der Waals surface area contributed by atoms with Gasteiger partial charge in [-0.25, -0.2) is 9.59 Å². The molecule has 0 saturated heterocycles. The molecule has 0 saturated carbocycles. The number of urea groups is 1. The molecule has 1 rings (SSSR count). The van der Waals surface area contributed by atoms with Crippen molar-refractivity contribution < 1.29 is 14.7 Å². The lowest BCUT2D eigenvalue weighted by molar-refractivity contribution is 0.0696. The maximum atomic E-state index is 11.5. The Morgan fingerprint density at radius 3 is 2.94 bits per heavy atom. The first-order chi connectivity index (χ1) is 8.54. The van der Waals surface area contributed by atoms with Crippen molar-refractivity contribution in [2.75, 3.05) is 13.6 Å². The Morgan fingerprint density at radius 1 is 1.61 bits per heavy atom. The van der Waals surface area contributed by atoms with E-state index in [1.165, 1.54) is 23.2 Å². The molecule has 18 heavy (non-hydrogen) atoms. The van der Waals surface area contributed by atoms with Crippen LogP contribution >= 0.6 is 0 Å². The Balaban J connectivity index is 2.58. The van der Waals surface area contributed by atoms with Gasteiger partial charge in [0.15, 0.2) is 0 Å². The van der Waals surface area contributed by atoms with Gasteiger partial charge in [0.25, 0.3) is 0 Å². The van der Waals surface area contributed by atoms with E-state index < -0.39 is 5.97 Å². The van der Waals surface area contributed by atoms with Crippen molar-refractivity contribution in [2.45, 2.75) is 6.54 Å². The highest BCUT2D eigenvalue weighted by molar-refractivity contribution is 5.87. The Labute approximate surface area is 105 Å². The highest BCUT2D eigenvalue weighted by Gasteiger charge is 2.08. The zero-order valence-corrected chi connectivity index (χ0v) is 10.1. The van der Waals surface area contributed by atoms with E-state index >= 15 is 0 Å². The summed E-state index contributed by atoms with van der Waals surface area (Å²) in [5.41, 5.74) is 0.643. The molecule has 96 valence electrons. The minimum absolute atomic E-state index is 0.147. The fraction of sp³-hybridized carbons (Fsp3) is 0.250. The van der Waals surface area contributed by atoms with Gasteiger partial charge in [0, 0.05) is 19.8 Å². The van der Waals surface area contributed by atoms with E-state index in [-0.39, 0.29) is 18.1 Å². The van der Waals surface area contributed by atoms with Gasteiger partial charge in [0.2, 0.25) is 0 Å². The summed E-state index contributed by atoms with van der Waals surface area (Å²) in [7, 11) is 1.64. The summed E-state index contributed by atoms with van der Waals surface area (Å²) in [4.78, 5) is 27.7. The SMILES string of the molecule is C=CCN(C)C(=O)NCc1cc(C(=O)O)ccn1. The topological polar surface area (TPSA) is 82.5 Å². The molecular weight excluding hydrogens is 234 g/mol. The van der Waals surface area contributed by atoms with Crippen LogP contribution < -0.4 is 5.32 Å². The van der Waals surface area contributed by atoms with Crippen LogP contribution in [-0.2, 0) is 6.54 Å². The predicted molar refractivity (Wildman–Crippen MR) is 66.3 cm³/mol. The molecule has 2 amide bonds. The van der Waals surface area contributed by atoms with Gasteiger partial charge in [-0.3, -0.25) is 4.98 Å². The molecule has 0 bridgehead atoms. The molecule has 0 radical (unpaired) electrons. The number of nitrogens with zero attached hydrogens (tertiary/aromatic N) is 2. The average Bonchev–Trinajstić information content (AvgIpc) is 2.36. The first-order valence-corrected chi connectivity index (χ1v) is 5.32. The number of amides is 2. The first-order valence-electron chi connectivity index (χ1n) is 5.32. The van der Waals surface area contributed by atoms with Crippen LogP contribution in [-0.4, -0.2) is 40.6 Å². The highest BCUT2D eigenvalue weighted by atomic mass is 16.4. The van der Waals surface area contributed by atoms with Gasteiger partial charge >= 0.3 is 12.0 Å². The van der Waals surface area contributed by atoms with Crippen LogP contribution in [0.3, 0.4) is 0 Å². The molecule has 0 aliphatic carbocycles. The van der Waals surface area contributed by atoms with Crippen molar-refractivity contribution in [2.24, 2.45) is 0 Å². The number of carboxylic acid groups (broad SMARTS) is 1. The summed E-state index contributed by atoms with van der Waals surface area (Å²) in [6, 6.07) is 2.56. The maximum Gasteiger partial charge on any atom is 0.335 e. The smallest absolute Gasteiger partial charge is 0.335 e. The van der Waals surface area contributed by atoms with Gasteiger partial charge in [-0.2, -0.15) is 0 Å². The monoisotopic (exact) mass is 249 g/mol. The minimum atomic E-state index is -1.02. The van der Waals surface area contributed by atoms with E-state index in [4.69, 9.17) is 5.11 Å². The van der Waals surface area contributed by atoms with Crippen molar-refractivity contribution in [3.05, 3.63) is 42.2 Å². The number of aromatic nitrogens is 1. The summed E-state index contributed by atoms with van der Waals surface area (Å²) < 4.78 is 0. The third-order valence-corrected chi connectivity index (χ3v) is 2.23. The van der Waals surface area contributed by atoms with Gasteiger partial charge in [-0.15, -0.1) is 6.58 Å². The Bertz CT molecular complexity index is 460. The van der Waals surface area contributed by atoms with Gasteiger partial charge < -0.3 is 15.3 Å². The second-order valence-electron chi connectivity index (χ2n) is 3.67. The van der Waals surface area contributed by atoms with Crippen LogP contribution in [0.5, 0.6) is 0 Å². The Kier molecular flexibility index (Phi) is 4.86. The second kappa shape index (κ2) is 6.39. The Hall–Kier alpha value is -2.37. The summed E-state index contributed by atoms with van der Waals surface area (Å²) in [6.07, 6.45) is 3.02. The zero-order chi connectivity index (χ0) is 13.5. The molecule has 0 aliphatic rings. The quantitative estimate of drug-likeness (QED) is 0.766. The molecule has 1 aromatic heterocycles. The van der Waals surface area contributed by atoms with E-state index in [1.54, 1.807) is 13.1 Å². The number of nitrogens with one attached hydrogen (secondary N) is 1. The van der Waals surface area contributed by atoms with Gasteiger partial charge in [0.05, 0.1) is 17.8 Å². The molecule has 0 atom stereocenters. The normalized spacial score (nSPS) is 9.61. The maximum absolute atomic E-state index is 11.5. The van der Waals surface area contributed by atoms with Crippen LogP contribution in [0.25, 0.3) is 0 Å². The molecule has 6 nitrogen and oxygen atoms in total. The van der Waals surface area contributed by atoms with Crippen molar-refractivity contribution in [1.29, 1.82) is 0 Å². The Morgan fingerprint density at radius 2 is 2.33 bits per heavy atom. The largest absolute Gasteiger partial charge is 0.478 e. The number of carbonyl (C=O) groups excluding carboxylic acids is 1. The fourth-order valence-corrected chi connectivity index (χ4v) is 1.29. The zero-order valence-electron chi connectivity index (χ0n) is 10.1. The molecule has 0 unspecified atom stereocenters. The van der Waals surface area contributed by atoms with Gasteiger partial charge in [0.1, 0.15) is 0 Å². The van der Waals surface area contributed by atoms with Crippen LogP contribution in [0.4, 0.5) is 4.79 Å². The van der Waals surface area contributed by atoms with Crippen molar-refractivity contribution in [1.82, 2.24) is 15.2 Å². The lowest BCUT2D eigenvalue weighted by Gasteiger charge is -2.15.